The summed E-state index contributed by atoms with van der Waals surface area (Å²) < 4.78 is 2.04. The van der Waals surface area contributed by atoms with E-state index in [1.54, 1.807) is 18.2 Å². The number of hydrogen-bond acceptors (Lipinski definition) is 5. The van der Waals surface area contributed by atoms with Crippen LogP contribution in [0.25, 0.3) is 15.9 Å². The third-order valence-corrected chi connectivity index (χ3v) is 6.97. The molecule has 2 heterocycles. The second-order valence-electron chi connectivity index (χ2n) is 7.23. The molecule has 158 valence electrons. The minimum absolute atomic E-state index is 0.110. The SMILES string of the molecule is Cc1cc(C)c(NC(=O)CSc2nc3ccsc3c(=O)n2-c2ccccc2Cl)c(C)c1. The predicted octanol–water partition coefficient (Wildman–Crippen LogP) is 5.76. The average molecular weight is 470 g/mol. The van der Waals surface area contributed by atoms with Gasteiger partial charge in [0.1, 0.15) is 4.70 Å². The van der Waals surface area contributed by atoms with Gasteiger partial charge >= 0.3 is 0 Å². The molecule has 0 aliphatic rings. The van der Waals surface area contributed by atoms with E-state index in [0.29, 0.717) is 26.1 Å². The second-order valence-corrected chi connectivity index (χ2v) is 9.50. The van der Waals surface area contributed by atoms with Gasteiger partial charge in [-0.3, -0.25) is 14.2 Å². The largest absolute Gasteiger partial charge is 0.325 e. The van der Waals surface area contributed by atoms with Gasteiger partial charge in [0, 0.05) is 5.69 Å². The molecule has 0 unspecified atom stereocenters. The summed E-state index contributed by atoms with van der Waals surface area (Å²) in [6, 6.07) is 13.0. The average Bonchev–Trinajstić information content (AvgIpc) is 3.19. The number of para-hydroxylation sites is 1. The van der Waals surface area contributed by atoms with Gasteiger partial charge in [-0.25, -0.2) is 4.98 Å². The number of amides is 1. The van der Waals surface area contributed by atoms with Crippen LogP contribution in [0.5, 0.6) is 0 Å². The predicted molar refractivity (Wildman–Crippen MR) is 130 cm³/mol. The first-order valence-electron chi connectivity index (χ1n) is 9.61. The Hall–Kier alpha value is -2.61. The first kappa shape index (κ1) is 21.6. The molecule has 0 saturated carbocycles. The van der Waals surface area contributed by atoms with Crippen molar-refractivity contribution in [2.75, 3.05) is 11.1 Å². The summed E-state index contributed by atoms with van der Waals surface area (Å²) >= 11 is 8.92. The molecule has 4 aromatic rings. The standard InChI is InChI=1S/C23H20ClN3O2S2/c1-13-10-14(2)20(15(3)11-13)26-19(28)12-31-23-25-17-8-9-30-21(17)22(29)27(23)18-7-5-4-6-16(18)24/h4-11H,12H2,1-3H3,(H,26,28). The second kappa shape index (κ2) is 8.86. The molecule has 5 nitrogen and oxygen atoms in total. The van der Waals surface area contributed by atoms with E-state index in [9.17, 15) is 9.59 Å². The van der Waals surface area contributed by atoms with Gasteiger partial charge in [-0.15, -0.1) is 11.3 Å². The first-order chi connectivity index (χ1) is 14.8. The number of hydrogen-bond donors (Lipinski definition) is 1. The quantitative estimate of drug-likeness (QED) is 0.298. The Labute approximate surface area is 193 Å². The van der Waals surface area contributed by atoms with Gasteiger partial charge in [0.25, 0.3) is 5.56 Å². The molecule has 4 rings (SSSR count). The van der Waals surface area contributed by atoms with Crippen LogP contribution in [0, 0.1) is 20.8 Å². The van der Waals surface area contributed by atoms with Crippen LogP contribution >= 0.6 is 34.7 Å². The highest BCUT2D eigenvalue weighted by molar-refractivity contribution is 7.99. The Morgan fingerprint density at radius 3 is 2.58 bits per heavy atom. The molecular weight excluding hydrogens is 450 g/mol. The number of nitrogens with zero attached hydrogens (tertiary/aromatic N) is 2. The molecule has 0 saturated heterocycles. The molecule has 0 aliphatic carbocycles. The highest BCUT2D eigenvalue weighted by atomic mass is 35.5. The van der Waals surface area contributed by atoms with E-state index in [2.05, 4.69) is 10.3 Å². The highest BCUT2D eigenvalue weighted by Gasteiger charge is 2.18. The van der Waals surface area contributed by atoms with Crippen molar-refractivity contribution in [1.29, 1.82) is 0 Å². The number of aryl methyl sites for hydroxylation is 3. The number of nitrogens with one attached hydrogen (secondary N) is 1. The maximum atomic E-state index is 13.2. The van der Waals surface area contributed by atoms with E-state index < -0.39 is 0 Å². The van der Waals surface area contributed by atoms with Crippen molar-refractivity contribution >= 4 is 56.5 Å². The van der Waals surface area contributed by atoms with Crippen molar-refractivity contribution < 1.29 is 4.79 Å². The van der Waals surface area contributed by atoms with Crippen LogP contribution in [0.2, 0.25) is 5.02 Å². The fourth-order valence-electron chi connectivity index (χ4n) is 3.52. The van der Waals surface area contributed by atoms with Crippen molar-refractivity contribution in [3.8, 4) is 5.69 Å². The van der Waals surface area contributed by atoms with Gasteiger partial charge < -0.3 is 5.32 Å². The molecule has 31 heavy (non-hydrogen) atoms. The smallest absolute Gasteiger partial charge is 0.276 e. The first-order valence-corrected chi connectivity index (χ1v) is 11.8. The number of rotatable bonds is 5. The lowest BCUT2D eigenvalue weighted by Crippen LogP contribution is -2.22. The van der Waals surface area contributed by atoms with Crippen molar-refractivity contribution in [2.24, 2.45) is 0 Å². The third kappa shape index (κ3) is 4.39. The zero-order valence-electron chi connectivity index (χ0n) is 17.2. The molecule has 8 heteroatoms. The van der Waals surface area contributed by atoms with Crippen molar-refractivity contribution in [3.05, 3.63) is 79.9 Å². The molecule has 2 aromatic heterocycles. The van der Waals surface area contributed by atoms with E-state index in [-0.39, 0.29) is 17.2 Å². The van der Waals surface area contributed by atoms with Gasteiger partial charge in [0.05, 0.1) is 22.0 Å². The third-order valence-electron chi connectivity index (χ3n) is 4.82. The molecule has 0 spiro atoms. The number of anilines is 1. The zero-order chi connectivity index (χ0) is 22.1. The maximum absolute atomic E-state index is 13.2. The summed E-state index contributed by atoms with van der Waals surface area (Å²) in [5.74, 6) is -0.0512. The Bertz CT molecular complexity index is 1340. The molecular formula is C23H20ClN3O2S2. The molecule has 0 radical (unpaired) electrons. The number of thioether (sulfide) groups is 1. The van der Waals surface area contributed by atoms with Crippen LogP contribution in [-0.4, -0.2) is 21.2 Å². The van der Waals surface area contributed by atoms with E-state index in [1.807, 2.05) is 50.4 Å². The normalized spacial score (nSPS) is 11.1. The van der Waals surface area contributed by atoms with Crippen LogP contribution in [0.3, 0.4) is 0 Å². The van der Waals surface area contributed by atoms with Crippen molar-refractivity contribution in [3.63, 3.8) is 0 Å². The van der Waals surface area contributed by atoms with Crippen LogP contribution < -0.4 is 10.9 Å². The van der Waals surface area contributed by atoms with Gasteiger partial charge in [0.2, 0.25) is 5.91 Å². The molecule has 1 amide bonds. The Morgan fingerprint density at radius 2 is 1.87 bits per heavy atom. The number of halogens is 1. The molecule has 0 fully saturated rings. The van der Waals surface area contributed by atoms with Crippen LogP contribution in [-0.2, 0) is 4.79 Å². The van der Waals surface area contributed by atoms with Crippen LogP contribution in [0.1, 0.15) is 16.7 Å². The van der Waals surface area contributed by atoms with Gasteiger partial charge in [-0.05, 0) is 55.5 Å². The Kier molecular flexibility index (Phi) is 6.18. The molecule has 2 aromatic carbocycles. The van der Waals surface area contributed by atoms with E-state index in [0.717, 1.165) is 22.4 Å². The summed E-state index contributed by atoms with van der Waals surface area (Å²) in [5, 5.41) is 5.70. The van der Waals surface area contributed by atoms with Crippen LogP contribution in [0.15, 0.2) is 57.8 Å². The number of fused-ring (bicyclic) bond motifs is 1. The lowest BCUT2D eigenvalue weighted by molar-refractivity contribution is -0.113. The fourth-order valence-corrected chi connectivity index (χ4v) is 5.30. The van der Waals surface area contributed by atoms with Crippen molar-refractivity contribution in [2.45, 2.75) is 25.9 Å². The zero-order valence-corrected chi connectivity index (χ0v) is 19.6. The van der Waals surface area contributed by atoms with E-state index in [4.69, 9.17) is 11.6 Å². The summed E-state index contributed by atoms with van der Waals surface area (Å²) in [4.78, 5) is 30.5. The van der Waals surface area contributed by atoms with Gasteiger partial charge in [0.15, 0.2) is 5.16 Å². The highest BCUT2D eigenvalue weighted by Crippen LogP contribution is 2.28. The van der Waals surface area contributed by atoms with Crippen LogP contribution in [0.4, 0.5) is 5.69 Å². The minimum Gasteiger partial charge on any atom is -0.325 e. The monoisotopic (exact) mass is 469 g/mol. The number of thiophene rings is 1. The van der Waals surface area contributed by atoms with Gasteiger partial charge in [-0.1, -0.05) is 53.2 Å². The maximum Gasteiger partial charge on any atom is 0.276 e. The Balaban J connectivity index is 1.66. The molecule has 0 atom stereocenters. The number of carbonyl (C=O) groups excluding carboxylic acids is 1. The topological polar surface area (TPSA) is 64.0 Å². The number of benzene rings is 2. The van der Waals surface area contributed by atoms with Gasteiger partial charge in [-0.2, -0.15) is 0 Å². The van der Waals surface area contributed by atoms with E-state index in [1.165, 1.54) is 27.7 Å². The lowest BCUT2D eigenvalue weighted by atomic mass is 10.1. The summed E-state index contributed by atoms with van der Waals surface area (Å²) in [6.07, 6.45) is 0. The Morgan fingerprint density at radius 1 is 1.16 bits per heavy atom. The summed E-state index contributed by atoms with van der Waals surface area (Å²) in [5.41, 5.74) is 4.97. The molecule has 1 N–H and O–H groups in total. The van der Waals surface area contributed by atoms with Crippen molar-refractivity contribution in [1.82, 2.24) is 9.55 Å². The molecule has 0 aliphatic heterocycles. The lowest BCUT2D eigenvalue weighted by Gasteiger charge is -2.15. The summed E-state index contributed by atoms with van der Waals surface area (Å²) in [7, 11) is 0. The molecule has 0 bridgehead atoms. The summed E-state index contributed by atoms with van der Waals surface area (Å²) in [6.45, 7) is 5.98. The minimum atomic E-state index is -0.193. The van der Waals surface area contributed by atoms with E-state index >= 15 is 0 Å². The fraction of sp³-hybridized carbons (Fsp3) is 0.174. The number of aromatic nitrogens is 2. The number of carbonyl (C=O) groups is 1.